The van der Waals surface area contributed by atoms with Crippen LogP contribution in [0, 0.1) is 6.92 Å². The zero-order valence-electron chi connectivity index (χ0n) is 6.92. The van der Waals surface area contributed by atoms with Gasteiger partial charge in [0.1, 0.15) is 5.75 Å². The zero-order chi connectivity index (χ0) is 8.10. The Morgan fingerprint density at radius 1 is 1.45 bits per heavy atom. The van der Waals surface area contributed by atoms with Gasteiger partial charge in [0, 0.05) is 6.54 Å². The Balaban J connectivity index is 2.56. The Morgan fingerprint density at radius 3 is 2.91 bits per heavy atom. The van der Waals surface area contributed by atoms with E-state index < -0.39 is 0 Å². The van der Waals surface area contributed by atoms with Gasteiger partial charge >= 0.3 is 0 Å². The van der Waals surface area contributed by atoms with E-state index in [1.165, 1.54) is 5.56 Å². The molecule has 60 valence electrons. The van der Waals surface area contributed by atoms with Crippen LogP contribution < -0.4 is 10.3 Å². The van der Waals surface area contributed by atoms with Gasteiger partial charge in [0.05, 0.1) is 0 Å². The van der Waals surface area contributed by atoms with E-state index in [0.717, 1.165) is 12.3 Å². The maximum Gasteiger partial charge on any atom is 0.147 e. The van der Waals surface area contributed by atoms with Gasteiger partial charge in [0.15, 0.2) is 0 Å². The van der Waals surface area contributed by atoms with Gasteiger partial charge in [-0.25, -0.2) is 0 Å². The summed E-state index contributed by atoms with van der Waals surface area (Å²) in [6, 6.07) is 7.93. The van der Waals surface area contributed by atoms with Crippen LogP contribution in [-0.4, -0.2) is 6.54 Å². The summed E-state index contributed by atoms with van der Waals surface area (Å²) in [4.78, 5) is 5.19. The molecule has 2 nitrogen and oxygen atoms in total. The molecule has 1 aromatic carbocycles. The second kappa shape index (κ2) is 3.98. The minimum Gasteiger partial charge on any atom is -0.409 e. The minimum absolute atomic E-state index is 0.813. The Kier molecular flexibility index (Phi) is 2.93. The van der Waals surface area contributed by atoms with Crippen LogP contribution in [0.4, 0.5) is 0 Å². The quantitative estimate of drug-likeness (QED) is 0.666. The maximum absolute atomic E-state index is 5.19. The molecule has 1 N–H and O–H groups in total. The maximum atomic E-state index is 5.19. The number of hydroxylamine groups is 1. The fourth-order valence-electron chi connectivity index (χ4n) is 0.834. The van der Waals surface area contributed by atoms with E-state index in [9.17, 15) is 0 Å². The summed E-state index contributed by atoms with van der Waals surface area (Å²) in [6.07, 6.45) is 0. The number of hydrogen-bond donors (Lipinski definition) is 1. The van der Waals surface area contributed by atoms with Gasteiger partial charge in [0.25, 0.3) is 0 Å². The van der Waals surface area contributed by atoms with E-state index in [1.54, 1.807) is 0 Å². The Morgan fingerprint density at radius 2 is 2.27 bits per heavy atom. The normalized spacial score (nSPS) is 9.64. The van der Waals surface area contributed by atoms with Gasteiger partial charge in [-0.3, -0.25) is 0 Å². The summed E-state index contributed by atoms with van der Waals surface area (Å²) in [5.41, 5.74) is 4.00. The Hall–Kier alpha value is -1.02. The fraction of sp³-hybridized carbons (Fsp3) is 0.333. The Bertz CT molecular complexity index is 223. The Labute approximate surface area is 67.1 Å². The molecular formula is C9H13NO. The first kappa shape index (κ1) is 8.08. The molecule has 2 heteroatoms. The monoisotopic (exact) mass is 151 g/mol. The molecule has 0 unspecified atom stereocenters. The molecule has 0 saturated carbocycles. The molecule has 0 aliphatic rings. The smallest absolute Gasteiger partial charge is 0.147 e. The molecule has 1 aromatic rings. The lowest BCUT2D eigenvalue weighted by molar-refractivity contribution is 0.202. The van der Waals surface area contributed by atoms with Gasteiger partial charge in [-0.2, -0.15) is 5.48 Å². The van der Waals surface area contributed by atoms with E-state index in [4.69, 9.17) is 4.84 Å². The molecule has 0 aromatic heterocycles. The van der Waals surface area contributed by atoms with Crippen LogP contribution in [-0.2, 0) is 0 Å². The van der Waals surface area contributed by atoms with E-state index in [0.29, 0.717) is 0 Å². The molecule has 0 amide bonds. The predicted octanol–water partition coefficient (Wildman–Crippen LogP) is 1.90. The number of nitrogens with one attached hydrogen (secondary N) is 1. The highest BCUT2D eigenvalue weighted by molar-refractivity contribution is 5.26. The van der Waals surface area contributed by atoms with Gasteiger partial charge in [-0.15, -0.1) is 0 Å². The third kappa shape index (κ3) is 2.60. The summed E-state index contributed by atoms with van der Waals surface area (Å²) in [7, 11) is 0. The SMILES string of the molecule is CCNOc1cccc(C)c1. The fourth-order valence-corrected chi connectivity index (χ4v) is 0.834. The van der Waals surface area contributed by atoms with Crippen LogP contribution in [0.1, 0.15) is 12.5 Å². The van der Waals surface area contributed by atoms with Crippen molar-refractivity contribution in [3.05, 3.63) is 29.8 Å². The lowest BCUT2D eigenvalue weighted by Crippen LogP contribution is -2.17. The van der Waals surface area contributed by atoms with Crippen molar-refractivity contribution < 1.29 is 4.84 Å². The van der Waals surface area contributed by atoms with Crippen molar-refractivity contribution in [1.82, 2.24) is 5.48 Å². The van der Waals surface area contributed by atoms with E-state index in [2.05, 4.69) is 5.48 Å². The summed E-state index contributed by atoms with van der Waals surface area (Å²) in [5, 5.41) is 0. The highest BCUT2D eigenvalue weighted by atomic mass is 16.6. The first-order valence-corrected chi connectivity index (χ1v) is 3.79. The van der Waals surface area contributed by atoms with Crippen LogP contribution >= 0.6 is 0 Å². The van der Waals surface area contributed by atoms with Crippen molar-refractivity contribution in [1.29, 1.82) is 0 Å². The predicted molar refractivity (Wildman–Crippen MR) is 45.5 cm³/mol. The highest BCUT2D eigenvalue weighted by Crippen LogP contribution is 2.10. The molecule has 1 rings (SSSR count). The van der Waals surface area contributed by atoms with E-state index in [-0.39, 0.29) is 0 Å². The average molecular weight is 151 g/mol. The van der Waals surface area contributed by atoms with Crippen molar-refractivity contribution in [2.75, 3.05) is 6.54 Å². The second-order valence-corrected chi connectivity index (χ2v) is 2.42. The first-order chi connectivity index (χ1) is 5.33. The van der Waals surface area contributed by atoms with Gasteiger partial charge < -0.3 is 4.84 Å². The molecule has 0 fully saturated rings. The lowest BCUT2D eigenvalue weighted by atomic mass is 10.2. The van der Waals surface area contributed by atoms with E-state index >= 15 is 0 Å². The lowest BCUT2D eigenvalue weighted by Gasteiger charge is -2.04. The topological polar surface area (TPSA) is 21.3 Å². The minimum atomic E-state index is 0.813. The average Bonchev–Trinajstić information content (AvgIpc) is 2.01. The van der Waals surface area contributed by atoms with Crippen molar-refractivity contribution in [2.45, 2.75) is 13.8 Å². The second-order valence-electron chi connectivity index (χ2n) is 2.42. The standard InChI is InChI=1S/C9H13NO/c1-3-10-11-9-6-4-5-8(2)7-9/h4-7,10H,3H2,1-2H3. The molecule has 0 aliphatic heterocycles. The van der Waals surface area contributed by atoms with E-state index in [1.807, 2.05) is 38.1 Å². The van der Waals surface area contributed by atoms with Crippen molar-refractivity contribution in [2.24, 2.45) is 0 Å². The van der Waals surface area contributed by atoms with Crippen LogP contribution in [0.2, 0.25) is 0 Å². The van der Waals surface area contributed by atoms with Crippen molar-refractivity contribution >= 4 is 0 Å². The molecule has 11 heavy (non-hydrogen) atoms. The summed E-state index contributed by atoms with van der Waals surface area (Å²) >= 11 is 0. The molecule has 0 atom stereocenters. The van der Waals surface area contributed by atoms with Crippen LogP contribution in [0.15, 0.2) is 24.3 Å². The molecule has 0 bridgehead atoms. The summed E-state index contributed by atoms with van der Waals surface area (Å²) in [6.45, 7) is 4.85. The zero-order valence-corrected chi connectivity index (χ0v) is 6.92. The van der Waals surface area contributed by atoms with Crippen LogP contribution in [0.5, 0.6) is 5.75 Å². The number of rotatable bonds is 3. The largest absolute Gasteiger partial charge is 0.409 e. The summed E-state index contributed by atoms with van der Waals surface area (Å²) in [5.74, 6) is 0.867. The first-order valence-electron chi connectivity index (χ1n) is 3.79. The van der Waals surface area contributed by atoms with Crippen LogP contribution in [0.3, 0.4) is 0 Å². The van der Waals surface area contributed by atoms with Gasteiger partial charge in [0.2, 0.25) is 0 Å². The molecule has 0 spiro atoms. The number of hydrogen-bond acceptors (Lipinski definition) is 2. The van der Waals surface area contributed by atoms with Crippen LogP contribution in [0.25, 0.3) is 0 Å². The molecule has 0 saturated heterocycles. The summed E-state index contributed by atoms with van der Waals surface area (Å²) < 4.78 is 0. The third-order valence-corrected chi connectivity index (χ3v) is 1.32. The molecule has 0 aliphatic carbocycles. The number of aryl methyl sites for hydroxylation is 1. The van der Waals surface area contributed by atoms with Crippen molar-refractivity contribution in [3.63, 3.8) is 0 Å². The molecule has 0 heterocycles. The highest BCUT2D eigenvalue weighted by Gasteiger charge is 1.90. The van der Waals surface area contributed by atoms with Crippen molar-refractivity contribution in [3.8, 4) is 5.75 Å². The molecule has 0 radical (unpaired) electrons. The number of benzene rings is 1. The van der Waals surface area contributed by atoms with Gasteiger partial charge in [-0.05, 0) is 31.5 Å². The van der Waals surface area contributed by atoms with Gasteiger partial charge in [-0.1, -0.05) is 12.1 Å². The molecular weight excluding hydrogens is 138 g/mol. The third-order valence-electron chi connectivity index (χ3n) is 1.32.